The zero-order valence-corrected chi connectivity index (χ0v) is 19.8. The number of aliphatic imine (C=N–C) groups is 1. The Labute approximate surface area is 190 Å². The Morgan fingerprint density at radius 1 is 1.21 bits per heavy atom. The summed E-state index contributed by atoms with van der Waals surface area (Å²) in [5.74, 6) is 2.52. The van der Waals surface area contributed by atoms with Crippen LogP contribution in [0.4, 0.5) is 0 Å². The maximum atomic E-state index is 5.42. The zero-order chi connectivity index (χ0) is 19.8. The van der Waals surface area contributed by atoms with Crippen LogP contribution in [0.2, 0.25) is 0 Å². The van der Waals surface area contributed by atoms with Gasteiger partial charge in [-0.25, -0.2) is 4.99 Å². The number of nitrogens with zero attached hydrogens (tertiary/aromatic N) is 5. The van der Waals surface area contributed by atoms with Crippen molar-refractivity contribution in [3.05, 3.63) is 47.5 Å². The lowest BCUT2D eigenvalue weighted by Crippen LogP contribution is -2.45. The van der Waals surface area contributed by atoms with Gasteiger partial charge in [-0.15, -0.1) is 34.2 Å². The molecule has 1 atom stereocenters. The third kappa shape index (κ3) is 7.23. The second-order valence-corrected chi connectivity index (χ2v) is 7.04. The monoisotopic (exact) mass is 513 g/mol. The zero-order valence-electron chi connectivity index (χ0n) is 17.5. The fourth-order valence-electron chi connectivity index (χ4n) is 3.08. The smallest absolute Gasteiger partial charge is 0.192 e. The van der Waals surface area contributed by atoms with E-state index in [1.165, 1.54) is 5.56 Å². The lowest BCUT2D eigenvalue weighted by molar-refractivity contribution is 0.0389. The van der Waals surface area contributed by atoms with Gasteiger partial charge in [-0.3, -0.25) is 4.90 Å². The number of aryl methyl sites for hydroxylation is 1. The van der Waals surface area contributed by atoms with Crippen molar-refractivity contribution in [1.82, 2.24) is 30.3 Å². The molecule has 29 heavy (non-hydrogen) atoms. The summed E-state index contributed by atoms with van der Waals surface area (Å²) in [6.07, 6.45) is 0. The number of benzene rings is 1. The molecule has 3 rings (SSSR count). The Balaban J connectivity index is 0.00000300. The molecule has 0 bridgehead atoms. The van der Waals surface area contributed by atoms with Crippen LogP contribution >= 0.6 is 24.0 Å². The molecular formula is C20H32IN7O. The van der Waals surface area contributed by atoms with E-state index < -0.39 is 0 Å². The standard InChI is InChI=1S/C20H31N7O.HI/c1-16(18-7-5-4-6-8-18)23-20(21-9-10-27-11-13-28-14-12-27)22-15-19-25-24-17(2)26(19)3;/h4-8,16H,9-15H2,1-3H3,(H2,21,22,23);1H. The van der Waals surface area contributed by atoms with E-state index in [4.69, 9.17) is 9.73 Å². The first-order valence-electron chi connectivity index (χ1n) is 9.88. The molecule has 0 spiro atoms. The lowest BCUT2D eigenvalue weighted by Gasteiger charge is -2.27. The number of halogens is 1. The summed E-state index contributed by atoms with van der Waals surface area (Å²) in [5.41, 5.74) is 1.22. The van der Waals surface area contributed by atoms with E-state index in [1.807, 2.05) is 24.6 Å². The highest BCUT2D eigenvalue weighted by molar-refractivity contribution is 14.0. The summed E-state index contributed by atoms with van der Waals surface area (Å²) in [4.78, 5) is 7.15. The third-order valence-corrected chi connectivity index (χ3v) is 5.04. The number of rotatable bonds is 7. The van der Waals surface area contributed by atoms with Crippen molar-refractivity contribution in [2.45, 2.75) is 26.4 Å². The fourth-order valence-corrected chi connectivity index (χ4v) is 3.08. The summed E-state index contributed by atoms with van der Waals surface area (Å²) in [6.45, 7) is 9.95. The van der Waals surface area contributed by atoms with E-state index in [2.05, 4.69) is 56.9 Å². The summed E-state index contributed by atoms with van der Waals surface area (Å²) < 4.78 is 7.38. The Kier molecular flexibility index (Phi) is 9.82. The van der Waals surface area contributed by atoms with Crippen LogP contribution in [0.1, 0.15) is 30.2 Å². The summed E-state index contributed by atoms with van der Waals surface area (Å²) in [6, 6.07) is 10.5. The molecule has 2 N–H and O–H groups in total. The Hall–Kier alpha value is -1.72. The van der Waals surface area contributed by atoms with Gasteiger partial charge in [-0.05, 0) is 19.4 Å². The predicted molar refractivity (Wildman–Crippen MR) is 126 cm³/mol. The molecule has 9 heteroatoms. The van der Waals surface area contributed by atoms with Crippen LogP contribution in [0, 0.1) is 6.92 Å². The Morgan fingerprint density at radius 3 is 2.59 bits per heavy atom. The van der Waals surface area contributed by atoms with Crippen LogP contribution in [0.25, 0.3) is 0 Å². The summed E-state index contributed by atoms with van der Waals surface area (Å²) >= 11 is 0. The van der Waals surface area contributed by atoms with Crippen LogP contribution < -0.4 is 10.6 Å². The van der Waals surface area contributed by atoms with Gasteiger partial charge in [0.2, 0.25) is 0 Å². The van der Waals surface area contributed by atoms with Crippen molar-refractivity contribution >= 4 is 29.9 Å². The van der Waals surface area contributed by atoms with Crippen molar-refractivity contribution in [2.24, 2.45) is 12.0 Å². The first-order valence-corrected chi connectivity index (χ1v) is 9.88. The second kappa shape index (κ2) is 12.1. The molecule has 160 valence electrons. The van der Waals surface area contributed by atoms with Gasteiger partial charge < -0.3 is 19.9 Å². The first kappa shape index (κ1) is 23.6. The molecule has 1 fully saturated rings. The minimum absolute atomic E-state index is 0. The number of hydrogen-bond acceptors (Lipinski definition) is 5. The van der Waals surface area contributed by atoms with Gasteiger partial charge >= 0.3 is 0 Å². The molecule has 0 amide bonds. The highest BCUT2D eigenvalue weighted by Gasteiger charge is 2.12. The number of ether oxygens (including phenoxy) is 1. The highest BCUT2D eigenvalue weighted by Crippen LogP contribution is 2.11. The molecular weight excluding hydrogens is 481 g/mol. The van der Waals surface area contributed by atoms with Crippen LogP contribution in [0.15, 0.2) is 35.3 Å². The van der Waals surface area contributed by atoms with Crippen LogP contribution in [0.3, 0.4) is 0 Å². The Morgan fingerprint density at radius 2 is 1.93 bits per heavy atom. The predicted octanol–water partition coefficient (Wildman–Crippen LogP) is 1.87. The molecule has 8 nitrogen and oxygen atoms in total. The molecule has 1 aromatic heterocycles. The molecule has 1 aromatic carbocycles. The van der Waals surface area contributed by atoms with Gasteiger partial charge in [-0.1, -0.05) is 30.3 Å². The maximum absolute atomic E-state index is 5.42. The van der Waals surface area contributed by atoms with Crippen molar-refractivity contribution in [2.75, 3.05) is 39.4 Å². The van der Waals surface area contributed by atoms with E-state index in [0.29, 0.717) is 6.54 Å². The van der Waals surface area contributed by atoms with Crippen LogP contribution in [-0.2, 0) is 18.3 Å². The van der Waals surface area contributed by atoms with Crippen LogP contribution in [-0.4, -0.2) is 65.0 Å². The quantitative estimate of drug-likeness (QED) is 0.335. The molecule has 0 saturated carbocycles. The third-order valence-electron chi connectivity index (χ3n) is 5.04. The van der Waals surface area contributed by atoms with E-state index in [9.17, 15) is 0 Å². The minimum atomic E-state index is 0. The topological polar surface area (TPSA) is 79.6 Å². The number of aromatic nitrogens is 3. The average Bonchev–Trinajstić information content (AvgIpc) is 3.05. The number of morpholine rings is 1. The molecule has 0 radical (unpaired) electrons. The second-order valence-electron chi connectivity index (χ2n) is 7.04. The lowest BCUT2D eigenvalue weighted by atomic mass is 10.1. The van der Waals surface area contributed by atoms with Gasteiger partial charge in [0.15, 0.2) is 11.8 Å². The average molecular weight is 513 g/mol. The molecule has 1 saturated heterocycles. The van der Waals surface area contributed by atoms with Crippen molar-refractivity contribution in [1.29, 1.82) is 0 Å². The number of guanidine groups is 1. The summed E-state index contributed by atoms with van der Waals surface area (Å²) in [7, 11) is 1.96. The molecule has 1 unspecified atom stereocenters. The maximum Gasteiger partial charge on any atom is 0.192 e. The summed E-state index contributed by atoms with van der Waals surface area (Å²) in [5, 5.41) is 15.3. The Bertz CT molecular complexity index is 759. The van der Waals surface area contributed by atoms with Crippen LogP contribution in [0.5, 0.6) is 0 Å². The molecule has 2 heterocycles. The molecule has 1 aliphatic heterocycles. The van der Waals surface area contributed by atoms with Crippen molar-refractivity contribution in [3.63, 3.8) is 0 Å². The molecule has 1 aliphatic rings. The number of nitrogens with one attached hydrogen (secondary N) is 2. The SMILES string of the molecule is Cc1nnc(CN=C(NCCN2CCOCC2)NC(C)c2ccccc2)n1C.I. The van der Waals surface area contributed by atoms with Crippen molar-refractivity contribution in [3.8, 4) is 0 Å². The van der Waals surface area contributed by atoms with E-state index in [-0.39, 0.29) is 30.0 Å². The molecule has 0 aliphatic carbocycles. The normalized spacial score (nSPS) is 16.2. The largest absolute Gasteiger partial charge is 0.379 e. The van der Waals surface area contributed by atoms with Crippen molar-refractivity contribution < 1.29 is 4.74 Å². The first-order chi connectivity index (χ1) is 13.6. The van der Waals surface area contributed by atoms with E-state index >= 15 is 0 Å². The van der Waals surface area contributed by atoms with Gasteiger partial charge in [-0.2, -0.15) is 0 Å². The minimum Gasteiger partial charge on any atom is -0.379 e. The van der Waals surface area contributed by atoms with E-state index in [1.54, 1.807) is 0 Å². The number of hydrogen-bond donors (Lipinski definition) is 2. The van der Waals surface area contributed by atoms with Gasteiger partial charge in [0.25, 0.3) is 0 Å². The van der Waals surface area contributed by atoms with Gasteiger partial charge in [0.05, 0.1) is 19.3 Å². The van der Waals surface area contributed by atoms with Gasteiger partial charge in [0.1, 0.15) is 12.4 Å². The van der Waals surface area contributed by atoms with Gasteiger partial charge in [0, 0.05) is 33.2 Å². The highest BCUT2D eigenvalue weighted by atomic mass is 127. The fraction of sp³-hybridized carbons (Fsp3) is 0.550. The molecule has 2 aromatic rings. The van der Waals surface area contributed by atoms with E-state index in [0.717, 1.165) is 57.0 Å².